The van der Waals surface area contributed by atoms with Gasteiger partial charge in [-0.2, -0.15) is 0 Å². The molecule has 7 heteroatoms. The number of aromatic nitrogens is 3. The van der Waals surface area contributed by atoms with Gasteiger partial charge in [-0.05, 0) is 48.5 Å². The molecular weight excluding hydrogens is 406 g/mol. The maximum Gasteiger partial charge on any atom is 0.253 e. The largest absolute Gasteiger partial charge is 0.352 e. The van der Waals surface area contributed by atoms with Crippen LogP contribution in [0.5, 0.6) is 0 Å². The van der Waals surface area contributed by atoms with Crippen molar-refractivity contribution in [1.29, 1.82) is 0 Å². The Labute approximate surface area is 166 Å². The van der Waals surface area contributed by atoms with E-state index in [1.54, 1.807) is 12.4 Å². The van der Waals surface area contributed by atoms with E-state index in [1.165, 1.54) is 0 Å². The van der Waals surface area contributed by atoms with Gasteiger partial charge in [0, 0.05) is 54.2 Å². The van der Waals surface area contributed by atoms with Crippen LogP contribution < -0.4 is 4.90 Å². The minimum Gasteiger partial charge on any atom is -0.352 e. The van der Waals surface area contributed by atoms with E-state index in [2.05, 4.69) is 36.0 Å². The van der Waals surface area contributed by atoms with Crippen LogP contribution in [-0.4, -0.2) is 52.2 Å². The van der Waals surface area contributed by atoms with Crippen molar-refractivity contribution < 1.29 is 4.79 Å². The van der Waals surface area contributed by atoms with Crippen molar-refractivity contribution >= 4 is 27.7 Å². The number of carbonyl (C=O) groups is 1. The highest BCUT2D eigenvalue weighted by atomic mass is 79.9. The van der Waals surface area contributed by atoms with Crippen molar-refractivity contribution in [2.45, 2.75) is 0 Å². The zero-order valence-corrected chi connectivity index (χ0v) is 16.2. The Morgan fingerprint density at radius 2 is 1.70 bits per heavy atom. The summed E-state index contributed by atoms with van der Waals surface area (Å²) in [6.45, 7) is 2.81. The average Bonchev–Trinajstić information content (AvgIpc) is 2.75. The maximum absolute atomic E-state index is 12.6. The number of rotatable bonds is 3. The number of benzene rings is 1. The first-order valence-electron chi connectivity index (χ1n) is 8.74. The fourth-order valence-corrected chi connectivity index (χ4v) is 3.34. The standard InChI is InChI=1S/C20H18BrN5O/c21-17-5-3-15(4-6-17)20(27)26-12-10-25(11-13-26)19-8-7-18(23-24-19)16-2-1-9-22-14-16/h1-9,14H,10-13H2. The lowest BCUT2D eigenvalue weighted by atomic mass is 10.2. The molecule has 1 fully saturated rings. The summed E-state index contributed by atoms with van der Waals surface area (Å²) in [5.74, 6) is 0.901. The summed E-state index contributed by atoms with van der Waals surface area (Å²) in [5.41, 5.74) is 2.46. The second-order valence-corrected chi connectivity index (χ2v) is 7.22. The number of carbonyl (C=O) groups excluding carboxylic acids is 1. The van der Waals surface area contributed by atoms with E-state index in [0.717, 1.165) is 34.6 Å². The third-order valence-corrected chi connectivity index (χ3v) is 5.12. The Morgan fingerprint density at radius 1 is 0.926 bits per heavy atom. The fourth-order valence-electron chi connectivity index (χ4n) is 3.08. The van der Waals surface area contributed by atoms with Crippen LogP contribution in [0, 0.1) is 0 Å². The summed E-state index contributed by atoms with van der Waals surface area (Å²) in [6.07, 6.45) is 3.51. The van der Waals surface area contributed by atoms with Crippen molar-refractivity contribution in [3.8, 4) is 11.3 Å². The minimum atomic E-state index is 0.0696. The van der Waals surface area contributed by atoms with Crippen LogP contribution in [0.15, 0.2) is 65.4 Å². The van der Waals surface area contributed by atoms with Crippen LogP contribution >= 0.6 is 15.9 Å². The summed E-state index contributed by atoms with van der Waals surface area (Å²) < 4.78 is 0.970. The predicted molar refractivity (Wildman–Crippen MR) is 108 cm³/mol. The zero-order valence-electron chi connectivity index (χ0n) is 14.6. The highest BCUT2D eigenvalue weighted by Gasteiger charge is 2.23. The van der Waals surface area contributed by atoms with Gasteiger partial charge in [-0.1, -0.05) is 15.9 Å². The third kappa shape index (κ3) is 3.98. The quantitative estimate of drug-likeness (QED) is 0.646. The van der Waals surface area contributed by atoms with E-state index < -0.39 is 0 Å². The van der Waals surface area contributed by atoms with Crippen molar-refractivity contribution in [2.24, 2.45) is 0 Å². The first kappa shape index (κ1) is 17.6. The third-order valence-electron chi connectivity index (χ3n) is 4.59. The van der Waals surface area contributed by atoms with Gasteiger partial charge in [0.2, 0.25) is 0 Å². The molecule has 6 nitrogen and oxygen atoms in total. The molecular formula is C20H18BrN5O. The van der Waals surface area contributed by atoms with Crippen LogP contribution in [0.2, 0.25) is 0 Å². The van der Waals surface area contributed by atoms with Crippen molar-refractivity contribution in [1.82, 2.24) is 20.1 Å². The smallest absolute Gasteiger partial charge is 0.253 e. The Hall–Kier alpha value is -2.80. The second kappa shape index (κ2) is 7.84. The molecule has 1 aromatic carbocycles. The molecule has 1 amide bonds. The van der Waals surface area contributed by atoms with Crippen LogP contribution in [0.1, 0.15) is 10.4 Å². The lowest BCUT2D eigenvalue weighted by Crippen LogP contribution is -2.49. The number of halogens is 1. The highest BCUT2D eigenvalue weighted by molar-refractivity contribution is 9.10. The molecule has 0 N–H and O–H groups in total. The topological polar surface area (TPSA) is 62.2 Å². The highest BCUT2D eigenvalue weighted by Crippen LogP contribution is 2.19. The molecule has 0 unspecified atom stereocenters. The number of piperazine rings is 1. The van der Waals surface area contributed by atoms with E-state index in [9.17, 15) is 4.79 Å². The van der Waals surface area contributed by atoms with Crippen molar-refractivity contribution in [2.75, 3.05) is 31.1 Å². The predicted octanol–water partition coefficient (Wildman–Crippen LogP) is 3.26. The lowest BCUT2D eigenvalue weighted by molar-refractivity contribution is 0.0746. The number of hydrogen-bond acceptors (Lipinski definition) is 5. The molecule has 136 valence electrons. The summed E-state index contributed by atoms with van der Waals surface area (Å²) >= 11 is 3.40. The van der Waals surface area contributed by atoms with Crippen LogP contribution in [0.25, 0.3) is 11.3 Å². The zero-order chi connectivity index (χ0) is 18.6. The number of pyridine rings is 1. The van der Waals surface area contributed by atoms with Gasteiger partial charge in [0.1, 0.15) is 0 Å². The molecule has 0 saturated carbocycles. The summed E-state index contributed by atoms with van der Waals surface area (Å²) in [6, 6.07) is 15.3. The van der Waals surface area contributed by atoms with Gasteiger partial charge >= 0.3 is 0 Å². The molecule has 0 spiro atoms. The Kier molecular flexibility index (Phi) is 5.11. The summed E-state index contributed by atoms with van der Waals surface area (Å²) in [4.78, 5) is 20.8. The van der Waals surface area contributed by atoms with Gasteiger partial charge in [0.15, 0.2) is 5.82 Å². The van der Waals surface area contributed by atoms with Crippen LogP contribution in [0.3, 0.4) is 0 Å². The molecule has 0 atom stereocenters. The Balaban J connectivity index is 1.39. The van der Waals surface area contributed by atoms with Gasteiger partial charge in [-0.15, -0.1) is 10.2 Å². The van der Waals surface area contributed by atoms with Crippen molar-refractivity contribution in [3.63, 3.8) is 0 Å². The molecule has 2 aromatic heterocycles. The molecule has 4 rings (SSSR count). The Bertz CT molecular complexity index is 907. The molecule has 1 aliphatic rings. The number of amides is 1. The SMILES string of the molecule is O=C(c1ccc(Br)cc1)N1CCN(c2ccc(-c3cccnc3)nn2)CC1. The fraction of sp³-hybridized carbons (Fsp3) is 0.200. The van der Waals surface area contributed by atoms with E-state index in [4.69, 9.17) is 0 Å². The molecule has 0 radical (unpaired) electrons. The summed E-state index contributed by atoms with van der Waals surface area (Å²) in [7, 11) is 0. The first-order chi connectivity index (χ1) is 13.2. The lowest BCUT2D eigenvalue weighted by Gasteiger charge is -2.35. The average molecular weight is 424 g/mol. The summed E-state index contributed by atoms with van der Waals surface area (Å²) in [5, 5.41) is 8.67. The van der Waals surface area contributed by atoms with Crippen LogP contribution in [-0.2, 0) is 0 Å². The van der Waals surface area contributed by atoms with Gasteiger partial charge in [0.05, 0.1) is 5.69 Å². The molecule has 3 aromatic rings. The number of hydrogen-bond donors (Lipinski definition) is 0. The van der Waals surface area contributed by atoms with Crippen molar-refractivity contribution in [3.05, 3.63) is 71.0 Å². The number of anilines is 1. The molecule has 1 saturated heterocycles. The molecule has 27 heavy (non-hydrogen) atoms. The number of nitrogens with zero attached hydrogens (tertiary/aromatic N) is 5. The van der Waals surface area contributed by atoms with Crippen LogP contribution in [0.4, 0.5) is 5.82 Å². The maximum atomic E-state index is 12.6. The van der Waals surface area contributed by atoms with Gasteiger partial charge < -0.3 is 9.80 Å². The normalized spacial score (nSPS) is 14.3. The van der Waals surface area contributed by atoms with E-state index in [1.807, 2.05) is 53.4 Å². The van der Waals surface area contributed by atoms with Gasteiger partial charge in [-0.25, -0.2) is 0 Å². The van der Waals surface area contributed by atoms with Gasteiger partial charge in [-0.3, -0.25) is 9.78 Å². The molecule has 3 heterocycles. The molecule has 1 aliphatic heterocycles. The molecule has 0 bridgehead atoms. The first-order valence-corrected chi connectivity index (χ1v) is 9.54. The van der Waals surface area contributed by atoms with Gasteiger partial charge in [0.25, 0.3) is 5.91 Å². The van der Waals surface area contributed by atoms with E-state index in [-0.39, 0.29) is 5.91 Å². The monoisotopic (exact) mass is 423 g/mol. The van der Waals surface area contributed by atoms with E-state index >= 15 is 0 Å². The minimum absolute atomic E-state index is 0.0696. The Morgan fingerprint density at radius 3 is 2.33 bits per heavy atom. The molecule has 0 aliphatic carbocycles. The van der Waals surface area contributed by atoms with E-state index in [0.29, 0.717) is 18.7 Å². The second-order valence-electron chi connectivity index (χ2n) is 6.30.